The molecule has 7 heteroatoms. The molecule has 0 fully saturated rings. The molecule has 0 saturated heterocycles. The summed E-state index contributed by atoms with van der Waals surface area (Å²) in [5.41, 5.74) is 13.8. The minimum Gasteiger partial charge on any atom is -0.247 e. The first-order valence-corrected chi connectivity index (χ1v) is 20.2. The summed E-state index contributed by atoms with van der Waals surface area (Å²) in [4.78, 5) is 20.6. The quantitative estimate of drug-likeness (QED) is 0.150. The topological polar surface area (TPSA) is 77.3 Å². The van der Waals surface area contributed by atoms with Crippen molar-refractivity contribution in [2.24, 2.45) is 0 Å². The van der Waals surface area contributed by atoms with Gasteiger partial charge in [-0.3, -0.25) is 0 Å². The van der Waals surface area contributed by atoms with Gasteiger partial charge in [-0.25, -0.2) is 19.9 Å². The highest BCUT2D eigenvalue weighted by molar-refractivity contribution is 7.00. The number of fused-ring (bicyclic) bond motifs is 5. The van der Waals surface area contributed by atoms with Crippen LogP contribution in [0.25, 0.3) is 112 Å². The van der Waals surface area contributed by atoms with Crippen LogP contribution in [0.4, 0.5) is 0 Å². The molecule has 3 aromatic heterocycles. The Hall–Kier alpha value is -7.74. The Morgan fingerprint density at radius 2 is 0.763 bits per heavy atom. The summed E-state index contributed by atoms with van der Waals surface area (Å²) in [6.45, 7) is 0. The molecule has 0 N–H and O–H groups in total. The van der Waals surface area contributed by atoms with Gasteiger partial charge < -0.3 is 0 Å². The largest absolute Gasteiger partial charge is 0.247 e. The van der Waals surface area contributed by atoms with Crippen LogP contribution in [-0.2, 0) is 0 Å². The Morgan fingerprint density at radius 1 is 0.305 bits per heavy atom. The molecule has 0 radical (unpaired) electrons. The van der Waals surface area contributed by atoms with Gasteiger partial charge in [-0.15, -0.1) is 0 Å². The molecule has 0 saturated carbocycles. The van der Waals surface area contributed by atoms with Gasteiger partial charge in [0.25, 0.3) is 0 Å². The lowest BCUT2D eigenvalue weighted by molar-refractivity contribution is 1.07. The zero-order valence-electron chi connectivity index (χ0n) is 31.6. The van der Waals surface area contributed by atoms with E-state index < -0.39 is 0 Å². The summed E-state index contributed by atoms with van der Waals surface area (Å²) in [5, 5.41) is 3.14. The predicted molar refractivity (Wildman–Crippen MR) is 242 cm³/mol. The van der Waals surface area contributed by atoms with Crippen molar-refractivity contribution in [2.45, 2.75) is 0 Å². The molecule has 11 aromatic rings. The Bertz CT molecular complexity index is 3190. The summed E-state index contributed by atoms with van der Waals surface area (Å²) in [6, 6.07) is 66.9. The molecule has 59 heavy (non-hydrogen) atoms. The van der Waals surface area contributed by atoms with Crippen LogP contribution in [0.15, 0.2) is 194 Å². The summed E-state index contributed by atoms with van der Waals surface area (Å²) < 4.78 is 9.80. The van der Waals surface area contributed by atoms with E-state index in [1.807, 2.05) is 24.3 Å². The minimum absolute atomic E-state index is 0.581. The van der Waals surface area contributed by atoms with Crippen LogP contribution in [-0.4, -0.2) is 28.7 Å². The van der Waals surface area contributed by atoms with Crippen molar-refractivity contribution in [2.75, 3.05) is 0 Å². The van der Waals surface area contributed by atoms with Crippen LogP contribution in [0.1, 0.15) is 0 Å². The molecule has 0 aliphatic rings. The van der Waals surface area contributed by atoms with Gasteiger partial charge in [-0.05, 0) is 46.0 Å². The fourth-order valence-corrected chi connectivity index (χ4v) is 8.44. The van der Waals surface area contributed by atoms with E-state index >= 15 is 0 Å². The molecule has 0 aliphatic heterocycles. The highest BCUT2D eigenvalue weighted by atomic mass is 32.1. The molecule has 3 heterocycles. The molecule has 6 nitrogen and oxygen atoms in total. The van der Waals surface area contributed by atoms with E-state index in [4.69, 9.17) is 28.7 Å². The monoisotopic (exact) mass is 772 g/mol. The van der Waals surface area contributed by atoms with Crippen molar-refractivity contribution in [3.63, 3.8) is 0 Å². The van der Waals surface area contributed by atoms with E-state index in [-0.39, 0.29) is 0 Å². The second kappa shape index (κ2) is 14.6. The second-order valence-corrected chi connectivity index (χ2v) is 15.0. The highest BCUT2D eigenvalue weighted by Gasteiger charge is 2.20. The molecule has 0 aliphatic carbocycles. The van der Waals surface area contributed by atoms with Crippen LogP contribution < -0.4 is 0 Å². The first-order chi connectivity index (χ1) is 29.2. The fraction of sp³-hybridized carbons (Fsp3) is 0. The van der Waals surface area contributed by atoms with Crippen molar-refractivity contribution in [1.82, 2.24) is 28.7 Å². The first-order valence-electron chi connectivity index (χ1n) is 19.5. The average molecular weight is 773 g/mol. The van der Waals surface area contributed by atoms with Crippen molar-refractivity contribution >= 4 is 44.4 Å². The third kappa shape index (κ3) is 6.40. The third-order valence-electron chi connectivity index (χ3n) is 10.8. The van der Waals surface area contributed by atoms with E-state index in [1.165, 1.54) is 11.7 Å². The molecule has 276 valence electrons. The molecule has 0 atom stereocenters. The van der Waals surface area contributed by atoms with Gasteiger partial charge in [-0.1, -0.05) is 176 Å². The molecule has 0 amide bonds. The number of nitrogens with zero attached hydrogens (tertiary/aromatic N) is 6. The Balaban J connectivity index is 1.07. The summed E-state index contributed by atoms with van der Waals surface area (Å²) in [6.07, 6.45) is 0. The maximum Gasteiger partial charge on any atom is 0.164 e. The number of benzene rings is 8. The molecular weight excluding hydrogens is 741 g/mol. The lowest BCUT2D eigenvalue weighted by Gasteiger charge is -2.14. The van der Waals surface area contributed by atoms with Crippen molar-refractivity contribution in [3.05, 3.63) is 194 Å². The van der Waals surface area contributed by atoms with Crippen LogP contribution >= 0.6 is 11.7 Å². The van der Waals surface area contributed by atoms with Crippen LogP contribution in [0, 0.1) is 0 Å². The zero-order valence-corrected chi connectivity index (χ0v) is 32.4. The lowest BCUT2D eigenvalue weighted by atomic mass is 9.93. The standard InChI is InChI=1S/C52H32N6S/c1-4-13-33(14-5-1)35-23-27-38(28-24-35)50-54-51(39-29-25-36(26-30-39)34-15-6-2-7-16-34)56-52(55-50)41-20-12-19-40(31-41)43-32-44-46(49-48(43)57-59-58-49)42-21-10-11-22-45(42)53-47(44)37-17-8-3-9-18-37/h1-32H. The number of hydrogen-bond donors (Lipinski definition) is 0. The smallest absolute Gasteiger partial charge is 0.164 e. The zero-order chi connectivity index (χ0) is 39.1. The summed E-state index contributed by atoms with van der Waals surface area (Å²) in [7, 11) is 0. The Kier molecular flexibility index (Phi) is 8.56. The average Bonchev–Trinajstić information content (AvgIpc) is 3.82. The van der Waals surface area contributed by atoms with Crippen molar-refractivity contribution in [1.29, 1.82) is 0 Å². The number of hydrogen-bond acceptors (Lipinski definition) is 7. The number of rotatable bonds is 7. The van der Waals surface area contributed by atoms with Gasteiger partial charge in [0.05, 0.1) is 22.9 Å². The SMILES string of the molecule is c1ccc(-c2ccc(-c3nc(-c4ccc(-c5ccccc5)cc4)nc(-c4cccc(-c5cc6c(-c7ccccc7)nc7ccccc7c6c6nsnc56)c4)n3)cc2)cc1. The molecule has 8 aromatic carbocycles. The molecule has 0 spiro atoms. The van der Waals surface area contributed by atoms with Crippen LogP contribution in [0.3, 0.4) is 0 Å². The van der Waals surface area contributed by atoms with Gasteiger partial charge in [0, 0.05) is 44.0 Å². The Labute approximate surface area is 344 Å². The minimum atomic E-state index is 0.581. The number of aromatic nitrogens is 6. The predicted octanol–water partition coefficient (Wildman–Crippen LogP) is 13.2. The number of para-hydroxylation sites is 1. The van der Waals surface area contributed by atoms with Crippen molar-refractivity contribution in [3.8, 4) is 78.8 Å². The maximum absolute atomic E-state index is 5.22. The molecule has 0 bridgehead atoms. The van der Waals surface area contributed by atoms with Crippen LogP contribution in [0.2, 0.25) is 0 Å². The molecular formula is C52H32N6S. The van der Waals surface area contributed by atoms with E-state index in [2.05, 4.69) is 170 Å². The summed E-state index contributed by atoms with van der Waals surface area (Å²) >= 11 is 1.23. The Morgan fingerprint density at radius 3 is 1.37 bits per heavy atom. The first kappa shape index (κ1) is 34.5. The second-order valence-electron chi connectivity index (χ2n) is 14.4. The van der Waals surface area contributed by atoms with E-state index in [1.54, 1.807) is 0 Å². The van der Waals surface area contributed by atoms with E-state index in [9.17, 15) is 0 Å². The van der Waals surface area contributed by atoms with Gasteiger partial charge in [-0.2, -0.15) is 8.75 Å². The third-order valence-corrected chi connectivity index (χ3v) is 11.3. The van der Waals surface area contributed by atoms with Gasteiger partial charge in [0.1, 0.15) is 11.0 Å². The van der Waals surface area contributed by atoms with Crippen LogP contribution in [0.5, 0.6) is 0 Å². The highest BCUT2D eigenvalue weighted by Crippen LogP contribution is 2.41. The molecule has 11 rings (SSSR count). The van der Waals surface area contributed by atoms with Crippen molar-refractivity contribution < 1.29 is 0 Å². The normalized spacial score (nSPS) is 11.4. The van der Waals surface area contributed by atoms with Gasteiger partial charge in [0.2, 0.25) is 0 Å². The van der Waals surface area contributed by atoms with E-state index in [0.29, 0.717) is 17.5 Å². The lowest BCUT2D eigenvalue weighted by Crippen LogP contribution is -2.00. The van der Waals surface area contributed by atoms with Gasteiger partial charge in [0.15, 0.2) is 17.5 Å². The fourth-order valence-electron chi connectivity index (χ4n) is 7.87. The molecule has 0 unspecified atom stereocenters. The van der Waals surface area contributed by atoms with E-state index in [0.717, 1.165) is 94.0 Å². The van der Waals surface area contributed by atoms with Gasteiger partial charge >= 0.3 is 0 Å². The summed E-state index contributed by atoms with van der Waals surface area (Å²) in [5.74, 6) is 1.78. The number of pyridine rings is 1. The maximum atomic E-state index is 5.22.